The fourth-order valence-corrected chi connectivity index (χ4v) is 3.88. The van der Waals surface area contributed by atoms with Gasteiger partial charge in [-0.25, -0.2) is 4.39 Å². The molecule has 1 aliphatic rings. The fraction of sp³-hybridized carbons (Fsp3) is 0.348. The van der Waals surface area contributed by atoms with E-state index in [2.05, 4.69) is 0 Å². The third-order valence-electron chi connectivity index (χ3n) is 5.62. The number of carbonyl (C=O) groups excluding carboxylic acids is 1. The summed E-state index contributed by atoms with van der Waals surface area (Å²) < 4.78 is 57.2. The largest absolute Gasteiger partial charge is 0.461 e. The van der Waals surface area contributed by atoms with Crippen LogP contribution in [0.25, 0.3) is 11.1 Å². The highest BCUT2D eigenvalue weighted by Gasteiger charge is 2.62. The van der Waals surface area contributed by atoms with Gasteiger partial charge in [0.05, 0.1) is 5.92 Å². The average molecular weight is 441 g/mol. The Kier molecular flexibility index (Phi) is 6.27. The number of halogens is 5. The minimum Gasteiger partial charge on any atom is -0.461 e. The number of alkyl halides is 4. The summed E-state index contributed by atoms with van der Waals surface area (Å²) in [6.45, 7) is 2.47. The molecular formula is C23H21ClF4O2. The van der Waals surface area contributed by atoms with Crippen molar-refractivity contribution in [1.29, 1.82) is 0 Å². The molecule has 1 fully saturated rings. The molecule has 3 rings (SSSR count). The predicted octanol–water partition coefficient (Wildman–Crippen LogP) is 6.82. The van der Waals surface area contributed by atoms with Crippen molar-refractivity contribution in [2.45, 2.75) is 33.3 Å². The molecule has 1 aliphatic carbocycles. The number of allylic oxidation sites excluding steroid dienone is 2. The lowest BCUT2D eigenvalue weighted by Crippen LogP contribution is -2.12. The Labute approximate surface area is 177 Å². The molecule has 0 aliphatic heterocycles. The molecule has 0 spiro atoms. The van der Waals surface area contributed by atoms with Crippen molar-refractivity contribution in [3.05, 3.63) is 70.8 Å². The van der Waals surface area contributed by atoms with Gasteiger partial charge in [-0.2, -0.15) is 13.2 Å². The van der Waals surface area contributed by atoms with E-state index in [-0.39, 0.29) is 6.61 Å². The lowest BCUT2D eigenvalue weighted by molar-refractivity contribution is -0.147. The molecule has 0 aromatic heterocycles. The second-order valence-corrected chi connectivity index (χ2v) is 8.30. The van der Waals surface area contributed by atoms with E-state index in [0.29, 0.717) is 16.7 Å². The standard InChI is InChI=1S/C23H21ClF4O2/c1-22(2)18(11-19(24)23(26,27)28)20(22)21(29)30-13-15-9-6-10-16(17(15)12-25)14-7-4-3-5-8-14/h3-11,18,20H,12-13H2,1-2H3. The Morgan fingerprint density at radius 1 is 1.13 bits per heavy atom. The van der Waals surface area contributed by atoms with Crippen molar-refractivity contribution in [1.82, 2.24) is 0 Å². The Balaban J connectivity index is 1.74. The zero-order chi connectivity index (χ0) is 22.1. The van der Waals surface area contributed by atoms with E-state index < -0.39 is 41.1 Å². The average Bonchev–Trinajstić information content (AvgIpc) is 3.25. The normalized spacial score (nSPS) is 20.7. The van der Waals surface area contributed by atoms with Crippen LogP contribution in [0.3, 0.4) is 0 Å². The van der Waals surface area contributed by atoms with E-state index >= 15 is 0 Å². The van der Waals surface area contributed by atoms with Crippen LogP contribution in [0.2, 0.25) is 0 Å². The summed E-state index contributed by atoms with van der Waals surface area (Å²) in [4.78, 5) is 12.5. The fourth-order valence-electron chi connectivity index (χ4n) is 3.75. The van der Waals surface area contributed by atoms with Crippen LogP contribution in [0.1, 0.15) is 25.0 Å². The van der Waals surface area contributed by atoms with Gasteiger partial charge in [-0.3, -0.25) is 4.79 Å². The number of esters is 1. The number of carbonyl (C=O) groups is 1. The summed E-state index contributed by atoms with van der Waals surface area (Å²) in [6, 6.07) is 14.5. The summed E-state index contributed by atoms with van der Waals surface area (Å²) in [5.41, 5.74) is 1.79. The maximum Gasteiger partial charge on any atom is 0.426 e. The van der Waals surface area contributed by atoms with Gasteiger partial charge in [-0.05, 0) is 33.6 Å². The highest BCUT2D eigenvalue weighted by Crippen LogP contribution is 2.60. The smallest absolute Gasteiger partial charge is 0.426 e. The first-order valence-corrected chi connectivity index (χ1v) is 9.78. The van der Waals surface area contributed by atoms with Crippen molar-refractivity contribution in [2.24, 2.45) is 17.3 Å². The summed E-state index contributed by atoms with van der Waals surface area (Å²) in [7, 11) is 0. The lowest BCUT2D eigenvalue weighted by Gasteiger charge is -2.13. The second kappa shape index (κ2) is 8.42. The molecule has 0 amide bonds. The third kappa shape index (κ3) is 4.53. The summed E-state index contributed by atoms with van der Waals surface area (Å²) >= 11 is 5.32. The summed E-state index contributed by atoms with van der Waals surface area (Å²) in [6.07, 6.45) is -3.78. The minimum absolute atomic E-state index is 0.158. The summed E-state index contributed by atoms with van der Waals surface area (Å²) in [5, 5.41) is -1.24. The molecule has 30 heavy (non-hydrogen) atoms. The molecule has 0 bridgehead atoms. The number of hydrogen-bond donors (Lipinski definition) is 0. The second-order valence-electron chi connectivity index (χ2n) is 7.89. The van der Waals surface area contributed by atoms with Gasteiger partial charge < -0.3 is 4.74 Å². The van der Waals surface area contributed by atoms with E-state index in [0.717, 1.165) is 11.6 Å². The first-order chi connectivity index (χ1) is 14.1. The molecule has 0 saturated heterocycles. The van der Waals surface area contributed by atoms with Crippen LogP contribution in [0.5, 0.6) is 0 Å². The number of rotatable bonds is 6. The van der Waals surface area contributed by atoms with E-state index in [9.17, 15) is 22.4 Å². The monoisotopic (exact) mass is 440 g/mol. The SMILES string of the molecule is CC1(C)C(C=C(Cl)C(F)(F)F)C1C(=O)OCc1cccc(-c2ccccc2)c1CF. The van der Waals surface area contributed by atoms with Crippen molar-refractivity contribution in [3.8, 4) is 11.1 Å². The van der Waals surface area contributed by atoms with Crippen LogP contribution in [-0.2, 0) is 22.8 Å². The molecule has 7 heteroatoms. The molecule has 2 unspecified atom stereocenters. The topological polar surface area (TPSA) is 26.3 Å². The van der Waals surface area contributed by atoms with Crippen LogP contribution < -0.4 is 0 Å². The van der Waals surface area contributed by atoms with Crippen molar-refractivity contribution in [3.63, 3.8) is 0 Å². The molecule has 0 heterocycles. The molecule has 160 valence electrons. The molecule has 1 saturated carbocycles. The van der Waals surface area contributed by atoms with Gasteiger partial charge in [0, 0.05) is 0 Å². The van der Waals surface area contributed by atoms with Gasteiger partial charge in [-0.15, -0.1) is 0 Å². The van der Waals surface area contributed by atoms with Crippen LogP contribution in [0.15, 0.2) is 59.6 Å². The van der Waals surface area contributed by atoms with Gasteiger partial charge in [0.1, 0.15) is 18.3 Å². The number of benzene rings is 2. The molecule has 2 aromatic rings. The highest BCUT2D eigenvalue weighted by atomic mass is 35.5. The Hall–Kier alpha value is -2.34. The molecule has 0 N–H and O–H groups in total. The highest BCUT2D eigenvalue weighted by molar-refractivity contribution is 6.30. The lowest BCUT2D eigenvalue weighted by atomic mass is 9.96. The van der Waals surface area contributed by atoms with Gasteiger partial charge in [0.15, 0.2) is 0 Å². The van der Waals surface area contributed by atoms with Crippen molar-refractivity contribution >= 4 is 17.6 Å². The van der Waals surface area contributed by atoms with Crippen LogP contribution in [0, 0.1) is 17.3 Å². The zero-order valence-electron chi connectivity index (χ0n) is 16.5. The quantitative estimate of drug-likeness (QED) is 0.364. The van der Waals surface area contributed by atoms with Gasteiger partial charge >= 0.3 is 12.1 Å². The number of ether oxygens (including phenoxy) is 1. The first-order valence-electron chi connectivity index (χ1n) is 9.40. The van der Waals surface area contributed by atoms with E-state index in [1.165, 1.54) is 0 Å². The predicted molar refractivity (Wildman–Crippen MR) is 107 cm³/mol. The molecular weight excluding hydrogens is 420 g/mol. The molecule has 0 radical (unpaired) electrons. The molecule has 2 atom stereocenters. The van der Waals surface area contributed by atoms with Crippen molar-refractivity contribution in [2.75, 3.05) is 0 Å². The Morgan fingerprint density at radius 3 is 2.40 bits per heavy atom. The Bertz CT molecular complexity index is 951. The first kappa shape index (κ1) is 22.3. The molecule has 2 nitrogen and oxygen atoms in total. The third-order valence-corrected chi connectivity index (χ3v) is 5.96. The summed E-state index contributed by atoms with van der Waals surface area (Å²) in [5.74, 6) is -2.03. The van der Waals surface area contributed by atoms with Crippen LogP contribution in [0.4, 0.5) is 17.6 Å². The van der Waals surface area contributed by atoms with Gasteiger partial charge in [-0.1, -0.05) is 80.1 Å². The van der Waals surface area contributed by atoms with Crippen molar-refractivity contribution < 1.29 is 27.1 Å². The van der Waals surface area contributed by atoms with E-state index in [4.69, 9.17) is 16.3 Å². The van der Waals surface area contributed by atoms with E-state index in [1.54, 1.807) is 32.0 Å². The molecule has 2 aromatic carbocycles. The maximum atomic E-state index is 13.8. The number of hydrogen-bond acceptors (Lipinski definition) is 2. The van der Waals surface area contributed by atoms with Gasteiger partial charge in [0.2, 0.25) is 0 Å². The van der Waals surface area contributed by atoms with Gasteiger partial charge in [0.25, 0.3) is 0 Å². The van der Waals surface area contributed by atoms with Crippen LogP contribution >= 0.6 is 11.6 Å². The Morgan fingerprint density at radius 2 is 1.80 bits per heavy atom. The maximum absolute atomic E-state index is 13.8. The minimum atomic E-state index is -4.65. The van der Waals surface area contributed by atoms with E-state index in [1.807, 2.05) is 30.3 Å². The van der Waals surface area contributed by atoms with Crippen LogP contribution in [-0.4, -0.2) is 12.1 Å². The zero-order valence-corrected chi connectivity index (χ0v) is 17.2.